The summed E-state index contributed by atoms with van der Waals surface area (Å²) in [4.78, 5) is 0. The maximum Gasteiger partial charge on any atom is 0.119 e. The fourth-order valence-corrected chi connectivity index (χ4v) is 1.82. The molecule has 0 spiro atoms. The Kier molecular flexibility index (Phi) is 9.44. The van der Waals surface area contributed by atoms with E-state index in [4.69, 9.17) is 4.74 Å². The summed E-state index contributed by atoms with van der Waals surface area (Å²) in [5.74, 6) is 0.694. The summed E-state index contributed by atoms with van der Waals surface area (Å²) in [6.45, 7) is 4.72. The monoisotopic (exact) mass is 282 g/mol. The third-order valence-corrected chi connectivity index (χ3v) is 2.71. The van der Waals surface area contributed by atoms with E-state index < -0.39 is 0 Å². The van der Waals surface area contributed by atoms with Crippen LogP contribution in [-0.4, -0.2) is 41.1 Å². The standard InChI is InChI=1S/C10H18N4O.2ClH/c1-2-10(6-11-3-1)7-15-5-4-14-8-12-13-9-14;;/h8-11H,1-7H2;2*1H/t10-;;/m0../s1. The molecule has 7 heteroatoms. The predicted molar refractivity (Wildman–Crippen MR) is 70.9 cm³/mol. The van der Waals surface area contributed by atoms with Crippen LogP contribution in [0.2, 0.25) is 0 Å². The first-order valence-electron chi connectivity index (χ1n) is 5.56. The van der Waals surface area contributed by atoms with Crippen LogP contribution in [0.15, 0.2) is 12.7 Å². The van der Waals surface area contributed by atoms with Gasteiger partial charge in [0.15, 0.2) is 0 Å². The average Bonchev–Trinajstić information content (AvgIpc) is 2.79. The minimum absolute atomic E-state index is 0. The van der Waals surface area contributed by atoms with E-state index in [2.05, 4.69) is 15.5 Å². The highest BCUT2D eigenvalue weighted by atomic mass is 35.5. The second-order valence-corrected chi connectivity index (χ2v) is 3.99. The quantitative estimate of drug-likeness (QED) is 0.823. The van der Waals surface area contributed by atoms with Crippen LogP contribution in [0.3, 0.4) is 0 Å². The molecule has 0 aliphatic carbocycles. The smallest absolute Gasteiger partial charge is 0.119 e. The topological polar surface area (TPSA) is 52.0 Å². The van der Waals surface area contributed by atoms with Crippen molar-refractivity contribution in [3.8, 4) is 0 Å². The third kappa shape index (κ3) is 6.21. The molecule has 5 nitrogen and oxygen atoms in total. The molecule has 1 fully saturated rings. The van der Waals surface area contributed by atoms with Gasteiger partial charge in [-0.1, -0.05) is 0 Å². The third-order valence-electron chi connectivity index (χ3n) is 2.71. The van der Waals surface area contributed by atoms with Gasteiger partial charge in [-0.2, -0.15) is 0 Å². The number of piperidine rings is 1. The maximum atomic E-state index is 5.63. The van der Waals surface area contributed by atoms with Crippen molar-refractivity contribution in [3.63, 3.8) is 0 Å². The number of aromatic nitrogens is 3. The summed E-state index contributed by atoms with van der Waals surface area (Å²) in [6, 6.07) is 0. The van der Waals surface area contributed by atoms with E-state index in [0.717, 1.165) is 32.8 Å². The molecule has 0 unspecified atom stereocenters. The van der Waals surface area contributed by atoms with Gasteiger partial charge in [-0.15, -0.1) is 35.0 Å². The Bertz CT molecular complexity index is 265. The molecule has 1 aromatic heterocycles. The molecule has 2 heterocycles. The second kappa shape index (κ2) is 9.65. The van der Waals surface area contributed by atoms with Crippen LogP contribution >= 0.6 is 24.8 Å². The number of hydrogen-bond donors (Lipinski definition) is 1. The van der Waals surface area contributed by atoms with Crippen molar-refractivity contribution in [2.45, 2.75) is 19.4 Å². The van der Waals surface area contributed by atoms with Crippen LogP contribution in [0.25, 0.3) is 0 Å². The molecule has 0 bridgehead atoms. The van der Waals surface area contributed by atoms with E-state index >= 15 is 0 Å². The Hall–Kier alpha value is -0.360. The molecule has 0 aromatic carbocycles. The molecular weight excluding hydrogens is 263 g/mol. The highest BCUT2D eigenvalue weighted by molar-refractivity contribution is 5.85. The van der Waals surface area contributed by atoms with Crippen molar-refractivity contribution in [2.24, 2.45) is 5.92 Å². The van der Waals surface area contributed by atoms with E-state index in [1.54, 1.807) is 12.7 Å². The van der Waals surface area contributed by atoms with Crippen LogP contribution in [0.4, 0.5) is 0 Å². The number of hydrogen-bond acceptors (Lipinski definition) is 4. The molecule has 0 amide bonds. The van der Waals surface area contributed by atoms with Crippen LogP contribution in [0.5, 0.6) is 0 Å². The largest absolute Gasteiger partial charge is 0.379 e. The Morgan fingerprint density at radius 3 is 2.71 bits per heavy atom. The summed E-state index contributed by atoms with van der Waals surface area (Å²) in [5, 5.41) is 10.9. The molecule has 2 rings (SSSR count). The van der Waals surface area contributed by atoms with Crippen molar-refractivity contribution in [1.82, 2.24) is 20.1 Å². The molecule has 1 N–H and O–H groups in total. The zero-order valence-corrected chi connectivity index (χ0v) is 11.4. The Morgan fingerprint density at radius 1 is 1.29 bits per heavy atom. The zero-order chi connectivity index (χ0) is 10.3. The fourth-order valence-electron chi connectivity index (χ4n) is 1.82. The number of halogens is 2. The Morgan fingerprint density at radius 2 is 2.06 bits per heavy atom. The highest BCUT2D eigenvalue weighted by Crippen LogP contribution is 2.09. The van der Waals surface area contributed by atoms with E-state index in [1.165, 1.54) is 12.8 Å². The SMILES string of the molecule is Cl.Cl.c1nncn1CCOC[C@H]1CCCNC1. The normalized spacial score (nSPS) is 19.2. The maximum absolute atomic E-state index is 5.63. The molecule has 1 aliphatic rings. The van der Waals surface area contributed by atoms with Gasteiger partial charge in [-0.05, 0) is 25.3 Å². The van der Waals surface area contributed by atoms with Gasteiger partial charge in [-0.25, -0.2) is 0 Å². The summed E-state index contributed by atoms with van der Waals surface area (Å²) >= 11 is 0. The van der Waals surface area contributed by atoms with Gasteiger partial charge in [-0.3, -0.25) is 0 Å². The van der Waals surface area contributed by atoms with Crippen molar-refractivity contribution in [2.75, 3.05) is 26.3 Å². The number of rotatable bonds is 5. The van der Waals surface area contributed by atoms with E-state index in [1.807, 2.05) is 4.57 Å². The molecule has 1 saturated heterocycles. The number of nitrogens with one attached hydrogen (secondary N) is 1. The lowest BCUT2D eigenvalue weighted by Gasteiger charge is -2.22. The molecule has 1 aromatic rings. The van der Waals surface area contributed by atoms with E-state index in [-0.39, 0.29) is 24.8 Å². The molecule has 1 atom stereocenters. The van der Waals surface area contributed by atoms with Crippen LogP contribution in [0.1, 0.15) is 12.8 Å². The molecule has 17 heavy (non-hydrogen) atoms. The van der Waals surface area contributed by atoms with Crippen molar-refractivity contribution in [3.05, 3.63) is 12.7 Å². The summed E-state index contributed by atoms with van der Waals surface area (Å²) < 4.78 is 7.56. The molecule has 100 valence electrons. The van der Waals surface area contributed by atoms with Crippen molar-refractivity contribution in [1.29, 1.82) is 0 Å². The lowest BCUT2D eigenvalue weighted by Crippen LogP contribution is -2.32. The lowest BCUT2D eigenvalue weighted by atomic mass is 10.0. The zero-order valence-electron chi connectivity index (χ0n) is 9.75. The molecule has 0 saturated carbocycles. The minimum atomic E-state index is 0. The number of nitrogens with zero attached hydrogens (tertiary/aromatic N) is 3. The second-order valence-electron chi connectivity index (χ2n) is 3.99. The van der Waals surface area contributed by atoms with Gasteiger partial charge in [0.05, 0.1) is 13.2 Å². The first kappa shape index (κ1) is 16.6. The van der Waals surface area contributed by atoms with E-state index in [9.17, 15) is 0 Å². The minimum Gasteiger partial charge on any atom is -0.379 e. The Balaban J connectivity index is 0.00000128. The van der Waals surface area contributed by atoms with Crippen LogP contribution in [-0.2, 0) is 11.3 Å². The average molecular weight is 283 g/mol. The molecule has 1 aliphatic heterocycles. The van der Waals surface area contributed by atoms with Gasteiger partial charge in [0.1, 0.15) is 12.7 Å². The number of ether oxygens (including phenoxy) is 1. The highest BCUT2D eigenvalue weighted by Gasteiger charge is 2.12. The van der Waals surface area contributed by atoms with E-state index in [0.29, 0.717) is 5.92 Å². The lowest BCUT2D eigenvalue weighted by molar-refractivity contribution is 0.0841. The summed E-state index contributed by atoms with van der Waals surface area (Å²) in [5.41, 5.74) is 0. The summed E-state index contributed by atoms with van der Waals surface area (Å²) in [7, 11) is 0. The summed E-state index contributed by atoms with van der Waals surface area (Å²) in [6.07, 6.45) is 6.00. The first-order chi connectivity index (χ1) is 7.45. The van der Waals surface area contributed by atoms with Crippen LogP contribution < -0.4 is 5.32 Å². The Labute approximate surface area is 114 Å². The fraction of sp³-hybridized carbons (Fsp3) is 0.800. The van der Waals surface area contributed by atoms with Gasteiger partial charge >= 0.3 is 0 Å². The van der Waals surface area contributed by atoms with Gasteiger partial charge in [0.2, 0.25) is 0 Å². The van der Waals surface area contributed by atoms with Crippen molar-refractivity contribution < 1.29 is 4.74 Å². The van der Waals surface area contributed by atoms with Gasteiger partial charge in [0.25, 0.3) is 0 Å². The molecule has 0 radical (unpaired) electrons. The van der Waals surface area contributed by atoms with Crippen LogP contribution in [0, 0.1) is 5.92 Å². The molecular formula is C10H20Cl2N4O. The van der Waals surface area contributed by atoms with Gasteiger partial charge in [0, 0.05) is 13.1 Å². The predicted octanol–water partition coefficient (Wildman–Crippen LogP) is 1.14. The van der Waals surface area contributed by atoms with Gasteiger partial charge < -0.3 is 14.6 Å². The first-order valence-corrected chi connectivity index (χ1v) is 5.56. The van der Waals surface area contributed by atoms with Crippen molar-refractivity contribution >= 4 is 24.8 Å².